The number of ether oxygens (including phenoxy) is 1. The maximum atomic E-state index is 14.7. The molecule has 0 fully saturated rings. The Morgan fingerprint density at radius 3 is 2.63 bits per heavy atom. The summed E-state index contributed by atoms with van der Waals surface area (Å²) in [6, 6.07) is 14.3. The van der Waals surface area contributed by atoms with Crippen molar-refractivity contribution in [3.63, 3.8) is 0 Å². The lowest BCUT2D eigenvalue weighted by atomic mass is 10.1. The van der Waals surface area contributed by atoms with Crippen molar-refractivity contribution in [3.8, 4) is 0 Å². The molecule has 0 N–H and O–H groups in total. The second-order valence-electron chi connectivity index (χ2n) is 6.21. The van der Waals surface area contributed by atoms with Crippen LogP contribution >= 0.6 is 0 Å². The molecule has 0 bridgehead atoms. The van der Waals surface area contributed by atoms with E-state index in [1.807, 2.05) is 47.4 Å². The van der Waals surface area contributed by atoms with Gasteiger partial charge in [0.25, 0.3) is 0 Å². The SMILES string of the molecule is COC(=O)c1ccc(CN2c3ccccc3C=Cc3ccncc32)c(F)c1. The van der Waals surface area contributed by atoms with Crippen LogP contribution in [-0.2, 0) is 11.3 Å². The van der Waals surface area contributed by atoms with Gasteiger partial charge in [-0.2, -0.15) is 0 Å². The summed E-state index contributed by atoms with van der Waals surface area (Å²) in [5, 5.41) is 0. The summed E-state index contributed by atoms with van der Waals surface area (Å²) in [4.78, 5) is 17.9. The highest BCUT2D eigenvalue weighted by Gasteiger charge is 2.20. The van der Waals surface area contributed by atoms with Crippen molar-refractivity contribution in [2.24, 2.45) is 0 Å². The molecule has 4 nitrogen and oxygen atoms in total. The van der Waals surface area contributed by atoms with Crippen molar-refractivity contribution in [2.45, 2.75) is 6.54 Å². The van der Waals surface area contributed by atoms with Crippen molar-refractivity contribution in [1.82, 2.24) is 4.98 Å². The van der Waals surface area contributed by atoms with Gasteiger partial charge in [0, 0.05) is 23.0 Å². The highest BCUT2D eigenvalue weighted by atomic mass is 19.1. The molecule has 2 aromatic carbocycles. The normalized spacial score (nSPS) is 12.1. The largest absolute Gasteiger partial charge is 0.465 e. The minimum Gasteiger partial charge on any atom is -0.465 e. The number of rotatable bonds is 3. The van der Waals surface area contributed by atoms with Crippen LogP contribution in [0.2, 0.25) is 0 Å². The molecule has 5 heteroatoms. The topological polar surface area (TPSA) is 42.4 Å². The molecular formula is C22H17FN2O2. The first-order valence-corrected chi connectivity index (χ1v) is 8.53. The van der Waals surface area contributed by atoms with Gasteiger partial charge >= 0.3 is 5.97 Å². The minimum absolute atomic E-state index is 0.193. The van der Waals surface area contributed by atoms with E-state index in [1.165, 1.54) is 13.2 Å². The molecule has 0 saturated heterocycles. The minimum atomic E-state index is -0.556. The summed E-state index contributed by atoms with van der Waals surface area (Å²) in [6.07, 6.45) is 7.60. The van der Waals surface area contributed by atoms with Crippen LogP contribution in [0.3, 0.4) is 0 Å². The number of hydrogen-bond acceptors (Lipinski definition) is 4. The Bertz CT molecular complexity index is 996. The van der Waals surface area contributed by atoms with E-state index in [1.54, 1.807) is 24.5 Å². The van der Waals surface area contributed by atoms with Gasteiger partial charge in [0.15, 0.2) is 0 Å². The number of carbonyl (C=O) groups is 1. The zero-order valence-corrected chi connectivity index (χ0v) is 14.7. The van der Waals surface area contributed by atoms with E-state index in [4.69, 9.17) is 0 Å². The first kappa shape index (κ1) is 17.0. The lowest BCUT2D eigenvalue weighted by molar-refractivity contribution is 0.0600. The van der Waals surface area contributed by atoms with Gasteiger partial charge in [-0.25, -0.2) is 9.18 Å². The molecule has 0 spiro atoms. The van der Waals surface area contributed by atoms with E-state index < -0.39 is 11.8 Å². The molecule has 134 valence electrons. The first-order chi connectivity index (χ1) is 13.2. The molecule has 2 heterocycles. The van der Waals surface area contributed by atoms with E-state index >= 15 is 0 Å². The van der Waals surface area contributed by atoms with Gasteiger partial charge in [0.2, 0.25) is 0 Å². The maximum absolute atomic E-state index is 14.7. The lowest BCUT2D eigenvalue weighted by Crippen LogP contribution is -2.19. The smallest absolute Gasteiger partial charge is 0.337 e. The average molecular weight is 360 g/mol. The van der Waals surface area contributed by atoms with E-state index in [0.29, 0.717) is 12.1 Å². The van der Waals surface area contributed by atoms with Gasteiger partial charge in [-0.15, -0.1) is 0 Å². The Morgan fingerprint density at radius 1 is 1.07 bits per heavy atom. The number of aromatic nitrogens is 1. The van der Waals surface area contributed by atoms with Crippen LogP contribution in [-0.4, -0.2) is 18.1 Å². The van der Waals surface area contributed by atoms with Crippen molar-refractivity contribution in [2.75, 3.05) is 12.0 Å². The molecule has 4 rings (SSSR count). The number of carbonyl (C=O) groups excluding carboxylic acids is 1. The number of esters is 1. The number of fused-ring (bicyclic) bond motifs is 2. The van der Waals surface area contributed by atoms with Gasteiger partial charge in [0.1, 0.15) is 5.82 Å². The fourth-order valence-electron chi connectivity index (χ4n) is 3.21. The van der Waals surface area contributed by atoms with E-state index in [0.717, 1.165) is 22.5 Å². The Balaban J connectivity index is 1.78. The number of pyridine rings is 1. The van der Waals surface area contributed by atoms with Crippen molar-refractivity contribution in [1.29, 1.82) is 0 Å². The molecule has 0 aliphatic carbocycles. The van der Waals surface area contributed by atoms with Crippen LogP contribution in [0, 0.1) is 5.82 Å². The van der Waals surface area contributed by atoms with E-state index in [2.05, 4.69) is 9.72 Å². The molecule has 1 aliphatic heterocycles. The van der Waals surface area contributed by atoms with Crippen molar-refractivity contribution < 1.29 is 13.9 Å². The van der Waals surface area contributed by atoms with Crippen molar-refractivity contribution in [3.05, 3.63) is 89.0 Å². The number of methoxy groups -OCH3 is 1. The lowest BCUT2D eigenvalue weighted by Gasteiger charge is -2.27. The predicted octanol–water partition coefficient (Wildman–Crippen LogP) is 4.83. The number of nitrogens with zero attached hydrogens (tertiary/aromatic N) is 2. The van der Waals surface area contributed by atoms with Crippen LogP contribution in [0.5, 0.6) is 0 Å². The number of anilines is 2. The molecule has 27 heavy (non-hydrogen) atoms. The monoisotopic (exact) mass is 360 g/mol. The second kappa shape index (κ2) is 7.03. The highest BCUT2D eigenvalue weighted by Crippen LogP contribution is 2.37. The fourth-order valence-corrected chi connectivity index (χ4v) is 3.21. The Morgan fingerprint density at radius 2 is 1.85 bits per heavy atom. The zero-order chi connectivity index (χ0) is 18.8. The molecule has 0 radical (unpaired) electrons. The number of hydrogen-bond donors (Lipinski definition) is 0. The van der Waals surface area contributed by atoms with Gasteiger partial charge in [-0.3, -0.25) is 4.98 Å². The molecule has 0 amide bonds. The fraction of sp³-hybridized carbons (Fsp3) is 0.0909. The molecule has 0 atom stereocenters. The van der Waals surface area contributed by atoms with Crippen LogP contribution < -0.4 is 4.90 Å². The molecule has 1 aromatic heterocycles. The third kappa shape index (κ3) is 3.19. The summed E-state index contributed by atoms with van der Waals surface area (Å²) in [5.41, 5.74) is 4.59. The second-order valence-corrected chi connectivity index (χ2v) is 6.21. The molecule has 3 aromatic rings. The summed E-state index contributed by atoms with van der Waals surface area (Å²) in [5.74, 6) is -1.00. The average Bonchev–Trinajstić information content (AvgIpc) is 2.86. The first-order valence-electron chi connectivity index (χ1n) is 8.53. The van der Waals surface area contributed by atoms with Crippen LogP contribution in [0.4, 0.5) is 15.8 Å². The third-order valence-electron chi connectivity index (χ3n) is 4.60. The Kier molecular flexibility index (Phi) is 4.42. The Labute approximate surface area is 156 Å². The number of benzene rings is 2. The standard InChI is InChI=1S/C22H17FN2O2/c1-27-22(26)17-8-9-18(19(23)12-17)14-25-20-5-3-2-4-15(20)6-7-16-10-11-24-13-21(16)25/h2-13H,14H2,1H3. The third-order valence-corrected chi connectivity index (χ3v) is 4.60. The quantitative estimate of drug-likeness (QED) is 0.628. The Hall–Kier alpha value is -3.47. The van der Waals surface area contributed by atoms with E-state index in [9.17, 15) is 9.18 Å². The summed E-state index contributed by atoms with van der Waals surface area (Å²) >= 11 is 0. The van der Waals surface area contributed by atoms with Gasteiger partial charge in [-0.1, -0.05) is 36.4 Å². The molecular weight excluding hydrogens is 343 g/mol. The highest BCUT2D eigenvalue weighted by molar-refractivity contribution is 5.90. The maximum Gasteiger partial charge on any atom is 0.337 e. The van der Waals surface area contributed by atoms with Gasteiger partial charge in [-0.05, 0) is 29.8 Å². The summed E-state index contributed by atoms with van der Waals surface area (Å²) in [7, 11) is 1.28. The van der Waals surface area contributed by atoms with Crippen LogP contribution in [0.1, 0.15) is 27.0 Å². The van der Waals surface area contributed by atoms with Crippen LogP contribution in [0.15, 0.2) is 60.9 Å². The zero-order valence-electron chi connectivity index (χ0n) is 14.7. The number of halogens is 1. The summed E-state index contributed by atoms with van der Waals surface area (Å²) in [6.45, 7) is 0.310. The molecule has 0 unspecified atom stereocenters. The van der Waals surface area contributed by atoms with E-state index in [-0.39, 0.29) is 5.56 Å². The van der Waals surface area contributed by atoms with Gasteiger partial charge < -0.3 is 9.64 Å². The van der Waals surface area contributed by atoms with Gasteiger partial charge in [0.05, 0.1) is 31.1 Å². The summed E-state index contributed by atoms with van der Waals surface area (Å²) < 4.78 is 19.3. The molecule has 0 saturated carbocycles. The predicted molar refractivity (Wildman–Crippen MR) is 103 cm³/mol. The van der Waals surface area contributed by atoms with Crippen LogP contribution in [0.25, 0.3) is 12.2 Å². The van der Waals surface area contributed by atoms with Crippen molar-refractivity contribution >= 4 is 29.5 Å². The number of para-hydroxylation sites is 1. The molecule has 1 aliphatic rings.